The van der Waals surface area contributed by atoms with Gasteiger partial charge in [0.25, 0.3) is 0 Å². The van der Waals surface area contributed by atoms with E-state index in [9.17, 15) is 9.59 Å². The van der Waals surface area contributed by atoms with Gasteiger partial charge in [0.05, 0.1) is 6.54 Å². The standard InChI is InChI=1S/C22H26N2O2/c25-21-15-9-1-2-10-16-23(21)18-22(26)24(20-13-7-4-8-14-20)17-19-11-5-3-6-12-19/h3-8,11-14H,1-2,9-10,15-18H2. The fourth-order valence-electron chi connectivity index (χ4n) is 3.33. The van der Waals surface area contributed by atoms with Crippen LogP contribution < -0.4 is 4.90 Å². The Hall–Kier alpha value is -2.62. The minimum absolute atomic E-state index is 0.0334. The number of benzene rings is 2. The van der Waals surface area contributed by atoms with Crippen LogP contribution in [-0.2, 0) is 16.1 Å². The zero-order chi connectivity index (χ0) is 18.2. The topological polar surface area (TPSA) is 40.6 Å². The number of hydrogen-bond acceptors (Lipinski definition) is 2. The highest BCUT2D eigenvalue weighted by atomic mass is 16.2. The predicted molar refractivity (Wildman–Crippen MR) is 104 cm³/mol. The van der Waals surface area contributed by atoms with E-state index in [0.29, 0.717) is 19.5 Å². The van der Waals surface area contributed by atoms with E-state index in [1.54, 1.807) is 9.80 Å². The summed E-state index contributed by atoms with van der Waals surface area (Å²) in [6, 6.07) is 19.6. The van der Waals surface area contributed by atoms with Crippen LogP contribution in [0.1, 0.15) is 37.7 Å². The Morgan fingerprint density at radius 1 is 0.885 bits per heavy atom. The summed E-state index contributed by atoms with van der Waals surface area (Å²) >= 11 is 0. The summed E-state index contributed by atoms with van der Waals surface area (Å²) in [5.74, 6) is 0.0692. The summed E-state index contributed by atoms with van der Waals surface area (Å²) in [4.78, 5) is 29.0. The van der Waals surface area contributed by atoms with Gasteiger partial charge in [0.2, 0.25) is 11.8 Å². The number of amides is 2. The molecule has 4 heteroatoms. The van der Waals surface area contributed by atoms with Gasteiger partial charge >= 0.3 is 0 Å². The van der Waals surface area contributed by atoms with Gasteiger partial charge in [-0.15, -0.1) is 0 Å². The molecule has 2 aromatic rings. The van der Waals surface area contributed by atoms with Crippen LogP contribution >= 0.6 is 0 Å². The maximum atomic E-state index is 13.1. The van der Waals surface area contributed by atoms with Crippen LogP contribution in [0.2, 0.25) is 0 Å². The lowest BCUT2D eigenvalue weighted by Gasteiger charge is -2.29. The average Bonchev–Trinajstić information content (AvgIpc) is 2.67. The molecule has 0 aliphatic carbocycles. The molecule has 1 aliphatic rings. The zero-order valence-electron chi connectivity index (χ0n) is 15.1. The number of likely N-dealkylation sites (tertiary alicyclic amines) is 1. The Morgan fingerprint density at radius 2 is 1.54 bits per heavy atom. The number of hydrogen-bond donors (Lipinski definition) is 0. The van der Waals surface area contributed by atoms with Crippen molar-refractivity contribution in [1.29, 1.82) is 0 Å². The minimum Gasteiger partial charge on any atom is -0.333 e. The Balaban J connectivity index is 1.76. The molecule has 2 aromatic carbocycles. The SMILES string of the molecule is O=C1CCCCCCN1CC(=O)N(Cc1ccccc1)c1ccccc1. The Morgan fingerprint density at radius 3 is 2.27 bits per heavy atom. The van der Waals surface area contributed by atoms with Gasteiger partial charge in [-0.05, 0) is 30.5 Å². The lowest BCUT2D eigenvalue weighted by molar-refractivity contribution is -0.135. The van der Waals surface area contributed by atoms with Gasteiger partial charge in [0.1, 0.15) is 6.54 Å². The number of para-hydroxylation sites is 1. The third-order valence-corrected chi connectivity index (χ3v) is 4.80. The molecule has 3 rings (SSSR count). The molecule has 0 aromatic heterocycles. The molecule has 0 bridgehead atoms. The summed E-state index contributed by atoms with van der Waals surface area (Å²) in [7, 11) is 0. The first-order chi connectivity index (χ1) is 12.7. The van der Waals surface area contributed by atoms with Gasteiger partial charge in [-0.2, -0.15) is 0 Å². The van der Waals surface area contributed by atoms with E-state index in [0.717, 1.165) is 36.9 Å². The van der Waals surface area contributed by atoms with Crippen molar-refractivity contribution in [1.82, 2.24) is 4.90 Å². The van der Waals surface area contributed by atoms with Gasteiger partial charge in [-0.1, -0.05) is 61.4 Å². The van der Waals surface area contributed by atoms with E-state index in [-0.39, 0.29) is 18.4 Å². The summed E-state index contributed by atoms with van der Waals surface area (Å²) in [6.07, 6.45) is 4.69. The zero-order valence-corrected chi connectivity index (χ0v) is 15.1. The predicted octanol–water partition coefficient (Wildman–Crippen LogP) is 4.01. The van der Waals surface area contributed by atoms with Gasteiger partial charge in [-0.25, -0.2) is 0 Å². The van der Waals surface area contributed by atoms with Crippen LogP contribution in [0.25, 0.3) is 0 Å². The van der Waals surface area contributed by atoms with Crippen molar-refractivity contribution in [2.75, 3.05) is 18.0 Å². The molecular weight excluding hydrogens is 324 g/mol. The van der Waals surface area contributed by atoms with Crippen molar-refractivity contribution in [3.63, 3.8) is 0 Å². The molecule has 4 nitrogen and oxygen atoms in total. The first-order valence-electron chi connectivity index (χ1n) is 9.41. The molecule has 1 saturated heterocycles. The fraction of sp³-hybridized carbons (Fsp3) is 0.364. The van der Waals surface area contributed by atoms with Crippen LogP contribution in [0, 0.1) is 0 Å². The number of nitrogens with zero attached hydrogens (tertiary/aromatic N) is 2. The Bertz CT molecular complexity index is 715. The summed E-state index contributed by atoms with van der Waals surface area (Å²) in [5.41, 5.74) is 1.93. The molecule has 26 heavy (non-hydrogen) atoms. The lowest BCUT2D eigenvalue weighted by Crippen LogP contribution is -2.43. The monoisotopic (exact) mass is 350 g/mol. The number of rotatable bonds is 5. The average molecular weight is 350 g/mol. The molecule has 0 saturated carbocycles. The van der Waals surface area contributed by atoms with Crippen molar-refractivity contribution in [3.8, 4) is 0 Å². The summed E-state index contributed by atoms with van der Waals surface area (Å²) in [5, 5.41) is 0. The molecule has 0 radical (unpaired) electrons. The summed E-state index contributed by atoms with van der Waals surface area (Å²) < 4.78 is 0. The lowest BCUT2D eigenvalue weighted by atomic mass is 10.1. The Labute approximate surface area is 155 Å². The fourth-order valence-corrected chi connectivity index (χ4v) is 3.33. The molecule has 0 unspecified atom stereocenters. The smallest absolute Gasteiger partial charge is 0.246 e. The normalized spacial score (nSPS) is 15.2. The van der Waals surface area contributed by atoms with Gasteiger partial charge in [0, 0.05) is 18.7 Å². The van der Waals surface area contributed by atoms with Gasteiger partial charge in [-0.3, -0.25) is 9.59 Å². The highest BCUT2D eigenvalue weighted by Crippen LogP contribution is 2.18. The maximum Gasteiger partial charge on any atom is 0.246 e. The number of carbonyl (C=O) groups excluding carboxylic acids is 2. The van der Waals surface area contributed by atoms with E-state index in [1.165, 1.54) is 0 Å². The maximum absolute atomic E-state index is 13.1. The molecule has 0 N–H and O–H groups in total. The van der Waals surface area contributed by atoms with E-state index in [4.69, 9.17) is 0 Å². The third kappa shape index (κ3) is 4.94. The van der Waals surface area contributed by atoms with E-state index in [2.05, 4.69) is 0 Å². The van der Waals surface area contributed by atoms with Crippen molar-refractivity contribution in [2.24, 2.45) is 0 Å². The highest BCUT2D eigenvalue weighted by Gasteiger charge is 2.23. The van der Waals surface area contributed by atoms with Crippen LogP contribution in [0.15, 0.2) is 60.7 Å². The first-order valence-corrected chi connectivity index (χ1v) is 9.41. The van der Waals surface area contributed by atoms with Crippen LogP contribution in [0.5, 0.6) is 0 Å². The minimum atomic E-state index is -0.0334. The third-order valence-electron chi connectivity index (χ3n) is 4.80. The second-order valence-corrected chi connectivity index (χ2v) is 6.78. The van der Waals surface area contributed by atoms with E-state index in [1.807, 2.05) is 60.7 Å². The summed E-state index contributed by atoms with van der Waals surface area (Å²) in [6.45, 7) is 1.34. The molecule has 1 heterocycles. The van der Waals surface area contributed by atoms with E-state index >= 15 is 0 Å². The molecule has 1 fully saturated rings. The quantitative estimate of drug-likeness (QED) is 0.817. The van der Waals surface area contributed by atoms with Crippen molar-refractivity contribution < 1.29 is 9.59 Å². The van der Waals surface area contributed by atoms with Crippen molar-refractivity contribution >= 4 is 17.5 Å². The largest absolute Gasteiger partial charge is 0.333 e. The molecule has 0 spiro atoms. The second-order valence-electron chi connectivity index (χ2n) is 6.78. The molecule has 136 valence electrons. The van der Waals surface area contributed by atoms with Gasteiger partial charge < -0.3 is 9.80 Å². The van der Waals surface area contributed by atoms with E-state index < -0.39 is 0 Å². The number of anilines is 1. The molecular formula is C22H26N2O2. The molecule has 2 amide bonds. The second kappa shape index (κ2) is 9.18. The molecule has 1 aliphatic heterocycles. The highest BCUT2D eigenvalue weighted by molar-refractivity contribution is 5.96. The Kier molecular flexibility index (Phi) is 6.42. The van der Waals surface area contributed by atoms with Crippen LogP contribution in [0.3, 0.4) is 0 Å². The van der Waals surface area contributed by atoms with Crippen molar-refractivity contribution in [3.05, 3.63) is 66.2 Å². The first kappa shape index (κ1) is 18.2. The van der Waals surface area contributed by atoms with Gasteiger partial charge in [0.15, 0.2) is 0 Å². The van der Waals surface area contributed by atoms with Crippen molar-refractivity contribution in [2.45, 2.75) is 38.6 Å². The van der Waals surface area contributed by atoms with Crippen LogP contribution in [-0.4, -0.2) is 29.8 Å². The van der Waals surface area contributed by atoms with Crippen LogP contribution in [0.4, 0.5) is 5.69 Å². The molecule has 0 atom stereocenters. The number of carbonyl (C=O) groups is 2.